The van der Waals surface area contributed by atoms with Crippen LogP contribution in [-0.2, 0) is 6.54 Å². The van der Waals surface area contributed by atoms with Crippen molar-refractivity contribution < 1.29 is 0 Å². The van der Waals surface area contributed by atoms with Crippen LogP contribution >= 0.6 is 11.3 Å². The summed E-state index contributed by atoms with van der Waals surface area (Å²) >= 11 is 1.84. The summed E-state index contributed by atoms with van der Waals surface area (Å²) in [7, 11) is 4.36. The van der Waals surface area contributed by atoms with Crippen LogP contribution in [0.15, 0.2) is 6.20 Å². The smallest absolute Gasteiger partial charge is 0.185 e. The van der Waals surface area contributed by atoms with Gasteiger partial charge in [0.1, 0.15) is 0 Å². The molecule has 0 spiro atoms. The van der Waals surface area contributed by atoms with E-state index in [9.17, 15) is 0 Å². The van der Waals surface area contributed by atoms with Crippen LogP contribution in [0.1, 0.15) is 31.1 Å². The van der Waals surface area contributed by atoms with Crippen LogP contribution in [0, 0.1) is 0 Å². The second-order valence-electron chi connectivity index (χ2n) is 5.47. The first-order chi connectivity index (χ1) is 9.20. The number of aromatic nitrogens is 1. The molecule has 0 radical (unpaired) electrons. The van der Waals surface area contributed by atoms with E-state index in [4.69, 9.17) is 0 Å². The Kier molecular flexibility index (Phi) is 5.60. The Morgan fingerprint density at radius 2 is 2.16 bits per heavy atom. The van der Waals surface area contributed by atoms with Crippen molar-refractivity contribution in [2.75, 3.05) is 38.6 Å². The lowest BCUT2D eigenvalue weighted by Gasteiger charge is -2.35. The molecule has 0 atom stereocenters. The van der Waals surface area contributed by atoms with Crippen LogP contribution in [0.3, 0.4) is 0 Å². The van der Waals surface area contributed by atoms with E-state index in [0.29, 0.717) is 0 Å². The maximum Gasteiger partial charge on any atom is 0.185 e. The van der Waals surface area contributed by atoms with Crippen molar-refractivity contribution >= 4 is 16.5 Å². The Morgan fingerprint density at radius 1 is 1.42 bits per heavy atom. The van der Waals surface area contributed by atoms with Gasteiger partial charge in [0.15, 0.2) is 5.13 Å². The van der Waals surface area contributed by atoms with Crippen molar-refractivity contribution in [3.8, 4) is 0 Å². The van der Waals surface area contributed by atoms with Crippen LogP contribution < -0.4 is 10.2 Å². The fourth-order valence-electron chi connectivity index (χ4n) is 2.49. The number of thiazole rings is 1. The maximum atomic E-state index is 4.58. The van der Waals surface area contributed by atoms with Crippen molar-refractivity contribution in [2.24, 2.45) is 0 Å². The van der Waals surface area contributed by atoms with Gasteiger partial charge < -0.3 is 15.1 Å². The van der Waals surface area contributed by atoms with Crippen LogP contribution in [0.4, 0.5) is 5.13 Å². The number of nitrogens with one attached hydrogen (secondary N) is 1. The molecule has 19 heavy (non-hydrogen) atoms. The number of nitrogens with zero attached hydrogens (tertiary/aromatic N) is 3. The van der Waals surface area contributed by atoms with Crippen LogP contribution in [-0.4, -0.2) is 49.7 Å². The molecule has 0 aliphatic carbocycles. The Hall–Kier alpha value is -0.650. The molecule has 1 N–H and O–H groups in total. The topological polar surface area (TPSA) is 31.4 Å². The lowest BCUT2D eigenvalue weighted by molar-refractivity contribution is 0.249. The molecule has 1 fully saturated rings. The second-order valence-corrected chi connectivity index (χ2v) is 6.56. The maximum absolute atomic E-state index is 4.58. The van der Waals surface area contributed by atoms with E-state index in [-0.39, 0.29) is 0 Å². The number of anilines is 1. The summed E-state index contributed by atoms with van der Waals surface area (Å²) in [4.78, 5) is 10.7. The number of hydrogen-bond acceptors (Lipinski definition) is 5. The van der Waals surface area contributed by atoms with Gasteiger partial charge in [0.2, 0.25) is 0 Å². The molecule has 0 bridgehead atoms. The molecule has 0 aromatic carbocycles. The van der Waals surface area contributed by atoms with Gasteiger partial charge in [0, 0.05) is 36.8 Å². The van der Waals surface area contributed by atoms with Gasteiger partial charge in [-0.3, -0.25) is 0 Å². The van der Waals surface area contributed by atoms with E-state index in [0.717, 1.165) is 32.2 Å². The average Bonchev–Trinajstić information content (AvgIpc) is 2.88. The molecular weight excluding hydrogens is 256 g/mol. The number of rotatable bonds is 6. The zero-order valence-corrected chi connectivity index (χ0v) is 13.2. The van der Waals surface area contributed by atoms with E-state index >= 15 is 0 Å². The van der Waals surface area contributed by atoms with Gasteiger partial charge in [0.05, 0.1) is 0 Å². The van der Waals surface area contributed by atoms with Crippen molar-refractivity contribution in [1.29, 1.82) is 0 Å². The molecule has 0 unspecified atom stereocenters. The summed E-state index contributed by atoms with van der Waals surface area (Å²) in [5, 5.41) is 4.63. The number of hydrogen-bond donors (Lipinski definition) is 1. The molecule has 1 aromatic heterocycles. The highest BCUT2D eigenvalue weighted by Crippen LogP contribution is 2.26. The SMILES string of the molecule is CCCNCc1cnc(N2CCC(N(C)C)CC2)s1. The molecule has 2 heterocycles. The van der Waals surface area contributed by atoms with E-state index in [1.807, 2.05) is 17.5 Å². The Morgan fingerprint density at radius 3 is 2.79 bits per heavy atom. The lowest BCUT2D eigenvalue weighted by Crippen LogP contribution is -2.41. The van der Waals surface area contributed by atoms with Crippen LogP contribution in [0.25, 0.3) is 0 Å². The summed E-state index contributed by atoms with van der Waals surface area (Å²) in [6.07, 6.45) is 5.70. The Labute approximate surface area is 120 Å². The monoisotopic (exact) mass is 282 g/mol. The normalized spacial score (nSPS) is 17.4. The Bertz CT molecular complexity index is 369. The molecule has 5 heteroatoms. The summed E-state index contributed by atoms with van der Waals surface area (Å²) in [6.45, 7) is 6.51. The second kappa shape index (κ2) is 7.22. The minimum Gasteiger partial charge on any atom is -0.348 e. The molecule has 1 saturated heterocycles. The predicted molar refractivity (Wildman–Crippen MR) is 83.0 cm³/mol. The van der Waals surface area contributed by atoms with E-state index < -0.39 is 0 Å². The number of piperidine rings is 1. The highest BCUT2D eigenvalue weighted by atomic mass is 32.1. The first kappa shape index (κ1) is 14.8. The first-order valence-corrected chi connectivity index (χ1v) is 8.09. The molecule has 108 valence electrons. The highest BCUT2D eigenvalue weighted by molar-refractivity contribution is 7.15. The van der Waals surface area contributed by atoms with Gasteiger partial charge in [0.25, 0.3) is 0 Å². The zero-order valence-electron chi connectivity index (χ0n) is 12.4. The van der Waals surface area contributed by atoms with Gasteiger partial charge in [-0.1, -0.05) is 6.92 Å². The zero-order chi connectivity index (χ0) is 13.7. The average molecular weight is 282 g/mol. The third-order valence-corrected chi connectivity index (χ3v) is 4.79. The van der Waals surface area contributed by atoms with E-state index in [1.54, 1.807) is 0 Å². The third-order valence-electron chi connectivity index (χ3n) is 3.73. The highest BCUT2D eigenvalue weighted by Gasteiger charge is 2.22. The molecule has 1 aliphatic rings. The standard InChI is InChI=1S/C14H26N4S/c1-4-7-15-10-13-11-16-14(19-13)18-8-5-12(6-9-18)17(2)3/h11-12,15H,4-10H2,1-3H3. The molecule has 0 saturated carbocycles. The minimum absolute atomic E-state index is 0.738. The Balaban J connectivity index is 1.82. The largest absolute Gasteiger partial charge is 0.348 e. The van der Waals surface area contributed by atoms with E-state index in [2.05, 4.69) is 41.1 Å². The minimum atomic E-state index is 0.738. The fraction of sp³-hybridized carbons (Fsp3) is 0.786. The third kappa shape index (κ3) is 4.16. The van der Waals surface area contributed by atoms with Crippen molar-refractivity contribution in [2.45, 2.75) is 38.8 Å². The summed E-state index contributed by atoms with van der Waals surface area (Å²) in [6, 6.07) is 0.738. The first-order valence-electron chi connectivity index (χ1n) is 7.27. The summed E-state index contributed by atoms with van der Waals surface area (Å²) < 4.78 is 0. The lowest BCUT2D eigenvalue weighted by atomic mass is 10.0. The van der Waals surface area contributed by atoms with Gasteiger partial charge >= 0.3 is 0 Å². The van der Waals surface area contributed by atoms with Crippen molar-refractivity contribution in [3.05, 3.63) is 11.1 Å². The quantitative estimate of drug-likeness (QED) is 0.810. The summed E-state index contributed by atoms with van der Waals surface area (Å²) in [5.41, 5.74) is 0. The molecule has 4 nitrogen and oxygen atoms in total. The van der Waals surface area contributed by atoms with Crippen molar-refractivity contribution in [3.63, 3.8) is 0 Å². The van der Waals surface area contributed by atoms with E-state index in [1.165, 1.54) is 29.3 Å². The predicted octanol–water partition coefficient (Wildman–Crippen LogP) is 2.17. The molecular formula is C14H26N4S. The van der Waals surface area contributed by atoms with Gasteiger partial charge in [-0.2, -0.15) is 0 Å². The van der Waals surface area contributed by atoms with Crippen LogP contribution in [0.5, 0.6) is 0 Å². The van der Waals surface area contributed by atoms with Crippen LogP contribution in [0.2, 0.25) is 0 Å². The fourth-order valence-corrected chi connectivity index (χ4v) is 3.42. The van der Waals surface area contributed by atoms with Gasteiger partial charge in [-0.25, -0.2) is 4.98 Å². The van der Waals surface area contributed by atoms with Crippen molar-refractivity contribution in [1.82, 2.24) is 15.2 Å². The summed E-state index contributed by atoms with van der Waals surface area (Å²) in [5.74, 6) is 0. The van der Waals surface area contributed by atoms with Gasteiger partial charge in [-0.15, -0.1) is 11.3 Å². The molecule has 1 aliphatic heterocycles. The molecule has 0 amide bonds. The molecule has 1 aromatic rings. The van der Waals surface area contributed by atoms with Gasteiger partial charge in [-0.05, 0) is 39.9 Å². The molecule has 2 rings (SSSR count).